The molecular formula is C22H22NO4S-. The summed E-state index contributed by atoms with van der Waals surface area (Å²) in [6.45, 7) is 5.08. The maximum absolute atomic E-state index is 11.3. The molecule has 6 heteroatoms. The second-order valence-corrected chi connectivity index (χ2v) is 7.22. The number of ether oxygens (including phenoxy) is 2. The molecule has 0 N–H and O–H groups in total. The van der Waals surface area contributed by atoms with Crippen molar-refractivity contribution < 1.29 is 19.4 Å². The van der Waals surface area contributed by atoms with Crippen molar-refractivity contribution in [3.05, 3.63) is 53.0 Å². The van der Waals surface area contributed by atoms with E-state index in [9.17, 15) is 9.90 Å². The summed E-state index contributed by atoms with van der Waals surface area (Å²) in [4.78, 5) is 15.9. The average molecular weight is 396 g/mol. The molecule has 0 aliphatic rings. The molecule has 5 nitrogen and oxygen atoms in total. The van der Waals surface area contributed by atoms with E-state index >= 15 is 0 Å². The molecule has 2 aromatic carbocycles. The van der Waals surface area contributed by atoms with Gasteiger partial charge in [0.1, 0.15) is 5.01 Å². The van der Waals surface area contributed by atoms with Gasteiger partial charge in [-0.3, -0.25) is 0 Å². The van der Waals surface area contributed by atoms with Gasteiger partial charge in [-0.1, -0.05) is 25.1 Å². The van der Waals surface area contributed by atoms with E-state index in [-0.39, 0.29) is 6.42 Å². The Kier molecular flexibility index (Phi) is 6.66. The minimum Gasteiger partial charge on any atom is -0.550 e. The summed E-state index contributed by atoms with van der Waals surface area (Å²) in [5.74, 6) is 0.183. The van der Waals surface area contributed by atoms with E-state index in [0.29, 0.717) is 35.3 Å². The molecule has 3 rings (SSSR count). The molecule has 146 valence electrons. The number of hydrogen-bond acceptors (Lipinski definition) is 6. The zero-order chi connectivity index (χ0) is 19.9. The fraction of sp³-hybridized carbons (Fsp3) is 0.273. The average Bonchev–Trinajstić information content (AvgIpc) is 3.11. The fourth-order valence-corrected chi connectivity index (χ4v) is 3.75. The maximum Gasteiger partial charge on any atom is 0.161 e. The van der Waals surface area contributed by atoms with Gasteiger partial charge in [0.05, 0.1) is 23.4 Å². The lowest BCUT2D eigenvalue weighted by atomic mass is 10.1. The number of thiazole rings is 1. The highest BCUT2D eigenvalue weighted by Crippen LogP contribution is 2.33. The third-order valence-electron chi connectivity index (χ3n) is 3.97. The van der Waals surface area contributed by atoms with E-state index in [2.05, 4.69) is 4.98 Å². The number of carboxylic acids is 1. The summed E-state index contributed by atoms with van der Waals surface area (Å²) >= 11 is 1.47. The van der Waals surface area contributed by atoms with Crippen molar-refractivity contribution >= 4 is 39.2 Å². The highest BCUT2D eigenvalue weighted by Gasteiger charge is 2.11. The van der Waals surface area contributed by atoms with Gasteiger partial charge >= 0.3 is 0 Å². The van der Waals surface area contributed by atoms with E-state index in [1.165, 1.54) is 11.3 Å². The number of fused-ring (bicyclic) bond motifs is 1. The largest absolute Gasteiger partial charge is 0.550 e. The summed E-state index contributed by atoms with van der Waals surface area (Å²) < 4.78 is 12.4. The summed E-state index contributed by atoms with van der Waals surface area (Å²) in [5.41, 5.74) is 2.28. The minimum atomic E-state index is -1.14. The van der Waals surface area contributed by atoms with E-state index in [4.69, 9.17) is 9.47 Å². The highest BCUT2D eigenvalue weighted by atomic mass is 32.1. The molecule has 0 aliphatic heterocycles. The van der Waals surface area contributed by atoms with E-state index in [1.807, 2.05) is 62.4 Å². The van der Waals surface area contributed by atoms with Crippen LogP contribution in [-0.4, -0.2) is 24.2 Å². The molecule has 28 heavy (non-hydrogen) atoms. The molecule has 0 atom stereocenters. The predicted molar refractivity (Wildman–Crippen MR) is 111 cm³/mol. The Morgan fingerprint density at radius 2 is 1.96 bits per heavy atom. The van der Waals surface area contributed by atoms with Crippen molar-refractivity contribution in [3.63, 3.8) is 0 Å². The van der Waals surface area contributed by atoms with Crippen molar-refractivity contribution in [1.29, 1.82) is 0 Å². The second-order valence-electron chi connectivity index (χ2n) is 6.19. The first kappa shape index (κ1) is 19.9. The number of carbonyl (C=O) groups is 1. The van der Waals surface area contributed by atoms with Crippen molar-refractivity contribution in [2.45, 2.75) is 26.7 Å². The molecule has 1 heterocycles. The van der Waals surface area contributed by atoms with Gasteiger partial charge in [0.25, 0.3) is 0 Å². The number of aromatic nitrogens is 1. The predicted octanol–water partition coefficient (Wildman–Crippen LogP) is 4.16. The lowest BCUT2D eigenvalue weighted by Gasteiger charge is -2.12. The van der Waals surface area contributed by atoms with E-state index < -0.39 is 5.97 Å². The van der Waals surface area contributed by atoms with Gasteiger partial charge in [-0.05, 0) is 54.8 Å². The van der Waals surface area contributed by atoms with Crippen molar-refractivity contribution in [3.8, 4) is 11.5 Å². The monoisotopic (exact) mass is 396 g/mol. The summed E-state index contributed by atoms with van der Waals surface area (Å²) in [6.07, 6.45) is 2.51. The number of hydrogen-bond donors (Lipinski definition) is 0. The molecular weight excluding hydrogens is 374 g/mol. The topological polar surface area (TPSA) is 71.5 Å². The van der Waals surface area contributed by atoms with Crippen LogP contribution in [0.2, 0.25) is 0 Å². The molecule has 0 fully saturated rings. The standard InChI is InChI=1S/C22H23NO4S/c1-3-11-27-18-10-9-15(13-19(18)26-4-2)12-16(14-21(24)25)22-23-17-7-5-6-8-20(17)28-22/h5-10,12-13H,3-4,11,14H2,1-2H3,(H,24,25)/p-1/b16-12+. The second kappa shape index (κ2) is 9.37. The third-order valence-corrected chi connectivity index (χ3v) is 5.09. The lowest BCUT2D eigenvalue weighted by molar-refractivity contribution is -0.304. The first-order valence-corrected chi connectivity index (χ1v) is 10.1. The highest BCUT2D eigenvalue weighted by molar-refractivity contribution is 7.19. The number of carbonyl (C=O) groups excluding carboxylic acids is 1. The Morgan fingerprint density at radius 3 is 2.68 bits per heavy atom. The van der Waals surface area contributed by atoms with Crippen LogP contribution in [0.1, 0.15) is 37.3 Å². The number of nitrogens with zero attached hydrogens (tertiary/aromatic N) is 1. The van der Waals surface area contributed by atoms with Crippen LogP contribution in [0.4, 0.5) is 0 Å². The maximum atomic E-state index is 11.3. The Balaban J connectivity index is 1.99. The zero-order valence-electron chi connectivity index (χ0n) is 15.9. The van der Waals surface area contributed by atoms with Gasteiger partial charge in [0, 0.05) is 12.4 Å². The molecule has 0 saturated heterocycles. The van der Waals surface area contributed by atoms with Gasteiger partial charge in [-0.15, -0.1) is 11.3 Å². The zero-order valence-corrected chi connectivity index (χ0v) is 16.8. The third kappa shape index (κ3) is 4.89. The van der Waals surface area contributed by atoms with Gasteiger partial charge in [-0.25, -0.2) is 4.98 Å². The molecule has 0 saturated carbocycles. The molecule has 0 radical (unpaired) electrons. The van der Waals surface area contributed by atoms with Crippen LogP contribution in [0, 0.1) is 0 Å². The van der Waals surface area contributed by atoms with Crippen LogP contribution in [0.3, 0.4) is 0 Å². The van der Waals surface area contributed by atoms with E-state index in [1.54, 1.807) is 0 Å². The van der Waals surface area contributed by atoms with Crippen molar-refractivity contribution in [1.82, 2.24) is 4.98 Å². The molecule has 1 aromatic heterocycles. The van der Waals surface area contributed by atoms with Gasteiger partial charge in [-0.2, -0.15) is 0 Å². The molecule has 0 amide bonds. The quantitative estimate of drug-likeness (QED) is 0.543. The van der Waals surface area contributed by atoms with E-state index in [0.717, 1.165) is 22.2 Å². The number of benzene rings is 2. The number of rotatable bonds is 9. The van der Waals surface area contributed by atoms with Gasteiger partial charge in [0.2, 0.25) is 0 Å². The molecule has 0 bridgehead atoms. The van der Waals surface area contributed by atoms with Crippen LogP contribution >= 0.6 is 11.3 Å². The minimum absolute atomic E-state index is 0.210. The Morgan fingerprint density at radius 1 is 1.14 bits per heavy atom. The number of para-hydroxylation sites is 1. The Labute approximate surface area is 168 Å². The smallest absolute Gasteiger partial charge is 0.161 e. The normalized spacial score (nSPS) is 11.6. The Hall–Kier alpha value is -2.86. The lowest BCUT2D eigenvalue weighted by Crippen LogP contribution is -2.22. The summed E-state index contributed by atoms with van der Waals surface area (Å²) in [7, 11) is 0. The first-order valence-electron chi connectivity index (χ1n) is 9.26. The van der Waals surface area contributed by atoms with Crippen LogP contribution in [0.25, 0.3) is 21.9 Å². The molecule has 3 aromatic rings. The summed E-state index contributed by atoms with van der Waals surface area (Å²) in [6, 6.07) is 13.3. The first-order chi connectivity index (χ1) is 13.6. The van der Waals surface area contributed by atoms with Crippen LogP contribution in [-0.2, 0) is 4.79 Å². The Bertz CT molecular complexity index is 960. The van der Waals surface area contributed by atoms with Crippen LogP contribution < -0.4 is 14.6 Å². The SMILES string of the molecule is CCCOc1ccc(/C=C(\CC(=O)[O-])c2nc3ccccc3s2)cc1OCC. The van der Waals surface area contributed by atoms with Crippen molar-refractivity contribution in [2.24, 2.45) is 0 Å². The number of carboxylic acid groups (broad SMARTS) is 1. The molecule has 0 spiro atoms. The number of aliphatic carboxylic acids is 1. The molecule has 0 aliphatic carbocycles. The molecule has 0 unspecified atom stereocenters. The van der Waals surface area contributed by atoms with Gasteiger partial charge < -0.3 is 19.4 Å². The van der Waals surface area contributed by atoms with Crippen LogP contribution in [0.15, 0.2) is 42.5 Å². The van der Waals surface area contributed by atoms with Gasteiger partial charge in [0.15, 0.2) is 11.5 Å². The van der Waals surface area contributed by atoms with Crippen LogP contribution in [0.5, 0.6) is 11.5 Å². The summed E-state index contributed by atoms with van der Waals surface area (Å²) in [5, 5.41) is 12.0. The fourth-order valence-electron chi connectivity index (χ4n) is 2.77. The van der Waals surface area contributed by atoms with Crippen molar-refractivity contribution in [2.75, 3.05) is 13.2 Å².